The first kappa shape index (κ1) is 103. The molecule has 0 radical (unpaired) electrons. The predicted molar refractivity (Wildman–Crippen MR) is 432 cm³/mol. The summed E-state index contributed by atoms with van der Waals surface area (Å²) in [5.41, 5.74) is 0. The number of unbranched alkanes of at least 4 members (excludes halogenated alkanes) is 52. The molecule has 19 heteroatoms. The van der Waals surface area contributed by atoms with Gasteiger partial charge in [-0.2, -0.15) is 0 Å². The van der Waals surface area contributed by atoms with E-state index < -0.39 is 97.5 Å². The van der Waals surface area contributed by atoms with Crippen molar-refractivity contribution in [2.24, 2.45) is 17.8 Å². The van der Waals surface area contributed by atoms with Crippen LogP contribution in [0.5, 0.6) is 0 Å². The quantitative estimate of drug-likeness (QED) is 0.0222. The van der Waals surface area contributed by atoms with Crippen LogP contribution in [0.1, 0.15) is 453 Å². The minimum atomic E-state index is -4.97. The van der Waals surface area contributed by atoms with Crippen molar-refractivity contribution in [2.45, 2.75) is 471 Å². The number of phosphoric acid groups is 2. The smallest absolute Gasteiger partial charge is 0.462 e. The van der Waals surface area contributed by atoms with Crippen molar-refractivity contribution in [2.75, 3.05) is 39.6 Å². The van der Waals surface area contributed by atoms with Gasteiger partial charge in [-0.3, -0.25) is 37.3 Å². The average Bonchev–Trinajstić information content (AvgIpc) is 0.914. The molecule has 0 saturated heterocycles. The van der Waals surface area contributed by atoms with E-state index in [0.717, 1.165) is 108 Å². The lowest BCUT2D eigenvalue weighted by atomic mass is 10.0. The maximum absolute atomic E-state index is 13.1. The van der Waals surface area contributed by atoms with Crippen LogP contribution in [-0.4, -0.2) is 96.7 Å². The van der Waals surface area contributed by atoms with E-state index in [1.807, 2.05) is 0 Å². The second kappa shape index (κ2) is 76.1. The van der Waals surface area contributed by atoms with Gasteiger partial charge >= 0.3 is 39.5 Å². The lowest BCUT2D eigenvalue weighted by molar-refractivity contribution is -0.161. The van der Waals surface area contributed by atoms with Crippen LogP contribution in [0.4, 0.5) is 0 Å². The number of hydrogen-bond donors (Lipinski definition) is 3. The van der Waals surface area contributed by atoms with Gasteiger partial charge in [0.05, 0.1) is 26.4 Å². The van der Waals surface area contributed by atoms with Gasteiger partial charge in [-0.1, -0.05) is 402 Å². The van der Waals surface area contributed by atoms with Gasteiger partial charge in [0.1, 0.15) is 19.3 Å². The van der Waals surface area contributed by atoms with E-state index >= 15 is 0 Å². The zero-order chi connectivity index (χ0) is 77.2. The summed E-state index contributed by atoms with van der Waals surface area (Å²) in [5, 5.41) is 10.7. The van der Waals surface area contributed by atoms with E-state index in [4.69, 9.17) is 37.0 Å². The summed E-state index contributed by atoms with van der Waals surface area (Å²) in [5.74, 6) is 0.196. The number of aliphatic hydroxyl groups is 1. The van der Waals surface area contributed by atoms with Gasteiger partial charge in [0.25, 0.3) is 0 Å². The standard InChI is InChI=1S/C86H168O17P2/c1-8-9-10-11-12-13-14-15-16-17-18-19-20-21-22-25-29-32-40-48-55-62-69-85(90)102-81(73-96-83(88)67-60-53-46-39-31-28-26-23-24-27-30-36-43-50-57-64-77(2)3)75-100-104(92,93)98-71-80(87)72-99-105(94,95)101-76-82(74-97-84(89)68-61-54-47-42-35-38-45-52-59-66-79(6)7)103-86(91)70-63-56-49-41-34-33-37-44-51-58-65-78(4)5/h77-82,87H,8-76H2,1-7H3,(H,92,93)(H,94,95)/t80-,81-,82-/m1/s1. The molecule has 17 nitrogen and oxygen atoms in total. The number of ether oxygens (including phenoxy) is 4. The second-order valence-corrected chi connectivity index (χ2v) is 35.3. The monoisotopic (exact) mass is 1540 g/mol. The van der Waals surface area contributed by atoms with Crippen LogP contribution in [0.3, 0.4) is 0 Å². The zero-order valence-corrected chi connectivity index (χ0v) is 71.0. The zero-order valence-electron chi connectivity index (χ0n) is 69.2. The molecule has 0 aromatic heterocycles. The van der Waals surface area contributed by atoms with Crippen molar-refractivity contribution >= 4 is 39.5 Å². The predicted octanol–water partition coefficient (Wildman–Crippen LogP) is 26.1. The highest BCUT2D eigenvalue weighted by Crippen LogP contribution is 2.45. The number of aliphatic hydroxyl groups excluding tert-OH is 1. The summed E-state index contributed by atoms with van der Waals surface area (Å²) in [6.45, 7) is 12.0. The highest BCUT2D eigenvalue weighted by Gasteiger charge is 2.30. The first-order valence-corrected chi connectivity index (χ1v) is 47.3. The van der Waals surface area contributed by atoms with E-state index in [1.165, 1.54) is 263 Å². The van der Waals surface area contributed by atoms with E-state index in [-0.39, 0.29) is 25.7 Å². The van der Waals surface area contributed by atoms with Gasteiger partial charge in [-0.05, 0) is 43.4 Å². The average molecular weight is 1540 g/mol. The van der Waals surface area contributed by atoms with Gasteiger partial charge in [0.2, 0.25) is 0 Å². The molecule has 0 aliphatic carbocycles. The van der Waals surface area contributed by atoms with Crippen molar-refractivity contribution in [1.82, 2.24) is 0 Å². The molecule has 0 amide bonds. The Morgan fingerprint density at radius 3 is 0.648 bits per heavy atom. The maximum atomic E-state index is 13.1. The van der Waals surface area contributed by atoms with E-state index in [1.54, 1.807) is 0 Å². The van der Waals surface area contributed by atoms with E-state index in [2.05, 4.69) is 48.5 Å². The third-order valence-corrected chi connectivity index (χ3v) is 22.0. The summed E-state index contributed by atoms with van der Waals surface area (Å²) in [7, 11) is -9.93. The molecule has 3 N–H and O–H groups in total. The maximum Gasteiger partial charge on any atom is 0.472 e. The van der Waals surface area contributed by atoms with Crippen LogP contribution in [0.25, 0.3) is 0 Å². The topological polar surface area (TPSA) is 237 Å². The van der Waals surface area contributed by atoms with Crippen LogP contribution in [0, 0.1) is 17.8 Å². The Morgan fingerprint density at radius 1 is 0.257 bits per heavy atom. The Morgan fingerprint density at radius 2 is 0.438 bits per heavy atom. The normalized spacial score (nSPS) is 13.9. The van der Waals surface area contributed by atoms with Crippen LogP contribution < -0.4 is 0 Å². The molecule has 0 aromatic rings. The van der Waals surface area contributed by atoms with Crippen molar-refractivity contribution in [1.29, 1.82) is 0 Å². The van der Waals surface area contributed by atoms with Crippen LogP contribution >= 0.6 is 15.6 Å². The van der Waals surface area contributed by atoms with Crippen molar-refractivity contribution < 1.29 is 80.2 Å². The van der Waals surface area contributed by atoms with E-state index in [9.17, 15) is 43.2 Å². The van der Waals surface area contributed by atoms with Crippen molar-refractivity contribution in [3.05, 3.63) is 0 Å². The fourth-order valence-corrected chi connectivity index (χ4v) is 14.9. The number of rotatable bonds is 84. The number of carbonyl (C=O) groups excluding carboxylic acids is 4. The number of esters is 4. The summed E-state index contributed by atoms with van der Waals surface area (Å²) in [6.07, 6.45) is 66.8. The minimum absolute atomic E-state index is 0.106. The Kier molecular flexibility index (Phi) is 74.7. The summed E-state index contributed by atoms with van der Waals surface area (Å²) >= 11 is 0. The van der Waals surface area contributed by atoms with Gasteiger partial charge in [0.15, 0.2) is 12.2 Å². The number of hydrogen-bond acceptors (Lipinski definition) is 15. The van der Waals surface area contributed by atoms with Crippen LogP contribution in [0.15, 0.2) is 0 Å². The molecule has 105 heavy (non-hydrogen) atoms. The fourth-order valence-electron chi connectivity index (χ4n) is 13.4. The first-order valence-electron chi connectivity index (χ1n) is 44.3. The molecule has 5 atom stereocenters. The molecule has 624 valence electrons. The fraction of sp³-hybridized carbons (Fsp3) is 0.953. The van der Waals surface area contributed by atoms with Gasteiger partial charge in [-0.15, -0.1) is 0 Å². The summed E-state index contributed by atoms with van der Waals surface area (Å²) < 4.78 is 68.9. The molecule has 0 bridgehead atoms. The Hall–Kier alpha value is -1.94. The SMILES string of the molecule is CCCCCCCCCCCCCCCCCCCCCCCCC(=O)O[C@H](COC(=O)CCCCCCCCCCCCCCCCCC(C)C)COP(=O)(O)OC[C@@H](O)COP(=O)(O)OC[C@@H](COC(=O)CCCCCCCCCCCC(C)C)OC(=O)CCCCCCCCCCCCC(C)C. The third-order valence-electron chi connectivity index (χ3n) is 20.1. The van der Waals surface area contributed by atoms with Gasteiger partial charge < -0.3 is 33.8 Å². The molecule has 0 aromatic carbocycles. The highest BCUT2D eigenvalue weighted by molar-refractivity contribution is 7.47. The van der Waals surface area contributed by atoms with Crippen molar-refractivity contribution in [3.63, 3.8) is 0 Å². The Labute approximate surface area is 645 Å². The first-order chi connectivity index (χ1) is 50.7. The van der Waals surface area contributed by atoms with E-state index in [0.29, 0.717) is 25.7 Å². The molecular weight excluding hydrogens is 1370 g/mol. The molecule has 0 heterocycles. The Balaban J connectivity index is 5.23. The summed E-state index contributed by atoms with van der Waals surface area (Å²) in [6, 6.07) is 0. The van der Waals surface area contributed by atoms with Crippen LogP contribution in [0.2, 0.25) is 0 Å². The molecule has 0 rings (SSSR count). The molecule has 2 unspecified atom stereocenters. The lowest BCUT2D eigenvalue weighted by Crippen LogP contribution is -2.30. The van der Waals surface area contributed by atoms with Gasteiger partial charge in [0, 0.05) is 25.7 Å². The molecule has 0 aliphatic rings. The summed E-state index contributed by atoms with van der Waals surface area (Å²) in [4.78, 5) is 73.2. The van der Waals surface area contributed by atoms with Gasteiger partial charge in [-0.25, -0.2) is 9.13 Å². The Bertz CT molecular complexity index is 2030. The molecule has 0 saturated carbocycles. The second-order valence-electron chi connectivity index (χ2n) is 32.4. The molecule has 0 aliphatic heterocycles. The number of phosphoric ester groups is 2. The number of carbonyl (C=O) groups is 4. The molecular formula is C86H168O17P2. The molecule has 0 fully saturated rings. The molecule has 0 spiro atoms. The van der Waals surface area contributed by atoms with Crippen LogP contribution in [-0.2, 0) is 65.4 Å². The minimum Gasteiger partial charge on any atom is -0.462 e. The lowest BCUT2D eigenvalue weighted by Gasteiger charge is -2.21. The largest absolute Gasteiger partial charge is 0.472 e. The van der Waals surface area contributed by atoms with Crippen molar-refractivity contribution in [3.8, 4) is 0 Å². The highest BCUT2D eigenvalue weighted by atomic mass is 31.2. The third kappa shape index (κ3) is 79.9.